The van der Waals surface area contributed by atoms with Crippen LogP contribution in [0.5, 0.6) is 17.2 Å². The van der Waals surface area contributed by atoms with Crippen molar-refractivity contribution in [2.24, 2.45) is 0 Å². The van der Waals surface area contributed by atoms with Gasteiger partial charge in [0.1, 0.15) is 59.3 Å². The minimum atomic E-state index is -4.37. The lowest BCUT2D eigenvalue weighted by atomic mass is 10.0. The molecule has 0 spiro atoms. The van der Waals surface area contributed by atoms with Crippen molar-refractivity contribution in [3.05, 3.63) is 119 Å². The number of aryl methyl sites for hydroxylation is 1. The first-order valence-corrected chi connectivity index (χ1v) is 14.9. The number of aromatic carboxylic acids is 3. The summed E-state index contributed by atoms with van der Waals surface area (Å²) in [6.07, 6.45) is 0. The van der Waals surface area contributed by atoms with Crippen LogP contribution in [0, 0.1) is 6.92 Å². The van der Waals surface area contributed by atoms with Crippen molar-refractivity contribution in [2.45, 2.75) is 17.4 Å². The van der Waals surface area contributed by atoms with Gasteiger partial charge in [0.05, 0.1) is 4.90 Å². The normalized spacial score (nSPS) is 11.4. The summed E-state index contributed by atoms with van der Waals surface area (Å²) < 4.78 is 47.8. The molecule has 234 valence electrons. The molecule has 12 nitrogen and oxygen atoms in total. The van der Waals surface area contributed by atoms with Gasteiger partial charge in [-0.3, -0.25) is 0 Å². The predicted octanol–water partition coefficient (Wildman–Crippen LogP) is 4.34. The van der Waals surface area contributed by atoms with Gasteiger partial charge in [0.25, 0.3) is 0 Å². The summed E-state index contributed by atoms with van der Waals surface area (Å²) in [5.41, 5.74) is -1.71. The van der Waals surface area contributed by atoms with Gasteiger partial charge in [-0.2, -0.15) is 4.72 Å². The number of hydrogen-bond donors (Lipinski definition) is 4. The summed E-state index contributed by atoms with van der Waals surface area (Å²) in [6, 6.07) is 23.0. The van der Waals surface area contributed by atoms with Crippen LogP contribution < -0.4 is 18.9 Å². The van der Waals surface area contributed by atoms with E-state index in [2.05, 4.69) is 4.72 Å². The molecule has 4 aromatic carbocycles. The highest BCUT2D eigenvalue weighted by Crippen LogP contribution is 2.26. The molecule has 0 amide bonds. The average molecular weight is 636 g/mol. The van der Waals surface area contributed by atoms with Gasteiger partial charge in [0.2, 0.25) is 10.0 Å². The van der Waals surface area contributed by atoms with Crippen LogP contribution in [0.3, 0.4) is 0 Å². The predicted molar refractivity (Wildman–Crippen MR) is 161 cm³/mol. The number of carboxylic acids is 3. The van der Waals surface area contributed by atoms with Gasteiger partial charge >= 0.3 is 17.9 Å². The molecule has 13 heteroatoms. The SMILES string of the molecule is Cc1ccc(S(=O)(=O)NC(COc2ccccc2C(=O)O)(COc2ccccc2C(=O)O)COc2ccccc2C(=O)O)cc1. The van der Waals surface area contributed by atoms with Crippen molar-refractivity contribution in [3.8, 4) is 17.2 Å². The summed E-state index contributed by atoms with van der Waals surface area (Å²) in [4.78, 5) is 35.5. The zero-order valence-corrected chi connectivity index (χ0v) is 24.7. The standard InChI is InChI=1S/C32H29NO11S/c1-21-14-16-22(17-15-21)45(40,41)33-32(18-42-26-11-5-2-8-23(26)29(34)35,19-43-27-12-6-3-9-24(27)30(36)37)20-44-28-13-7-4-10-25(28)31(38)39/h2-17,33H,18-20H2,1H3,(H,34,35)(H,36,37)(H,38,39). The van der Waals surface area contributed by atoms with E-state index < -0.39 is 53.3 Å². The second-order valence-corrected chi connectivity index (χ2v) is 11.7. The van der Waals surface area contributed by atoms with Gasteiger partial charge in [-0.1, -0.05) is 54.1 Å². The molecule has 0 fully saturated rings. The molecule has 0 saturated carbocycles. The van der Waals surface area contributed by atoms with Crippen LogP contribution in [0.1, 0.15) is 36.6 Å². The minimum Gasteiger partial charge on any atom is -0.490 e. The fourth-order valence-electron chi connectivity index (χ4n) is 4.23. The Hall–Kier alpha value is -5.40. The molecule has 0 heterocycles. The summed E-state index contributed by atoms with van der Waals surface area (Å²) in [6.45, 7) is 0.00984. The first kappa shape index (κ1) is 32.5. The number of rotatable bonds is 15. The molecule has 4 rings (SSSR count). The molecule has 0 aliphatic carbocycles. The number of carbonyl (C=O) groups is 3. The van der Waals surface area contributed by atoms with Crippen molar-refractivity contribution in [1.82, 2.24) is 4.72 Å². The van der Waals surface area contributed by atoms with E-state index in [4.69, 9.17) is 14.2 Å². The Balaban J connectivity index is 1.81. The molecule has 0 radical (unpaired) electrons. The quantitative estimate of drug-likeness (QED) is 0.146. The van der Waals surface area contributed by atoms with Crippen LogP contribution in [0.4, 0.5) is 0 Å². The van der Waals surface area contributed by atoms with Gasteiger partial charge in [0.15, 0.2) is 0 Å². The van der Waals surface area contributed by atoms with Crippen LogP contribution in [0.15, 0.2) is 102 Å². The lowest BCUT2D eigenvalue weighted by Gasteiger charge is -2.34. The van der Waals surface area contributed by atoms with Gasteiger partial charge in [-0.15, -0.1) is 0 Å². The Morgan fingerprint density at radius 2 is 0.933 bits per heavy atom. The lowest BCUT2D eigenvalue weighted by molar-refractivity contribution is 0.0668. The van der Waals surface area contributed by atoms with Crippen molar-refractivity contribution in [2.75, 3.05) is 19.8 Å². The van der Waals surface area contributed by atoms with E-state index >= 15 is 0 Å². The number of ether oxygens (including phenoxy) is 3. The lowest BCUT2D eigenvalue weighted by Crippen LogP contribution is -2.60. The van der Waals surface area contributed by atoms with Gasteiger partial charge in [-0.25, -0.2) is 22.8 Å². The van der Waals surface area contributed by atoms with Gasteiger partial charge < -0.3 is 29.5 Å². The van der Waals surface area contributed by atoms with Gasteiger partial charge in [0, 0.05) is 0 Å². The molecule has 0 aromatic heterocycles. The maximum absolute atomic E-state index is 13.8. The maximum atomic E-state index is 13.8. The van der Waals surface area contributed by atoms with E-state index in [9.17, 15) is 38.1 Å². The monoisotopic (exact) mass is 635 g/mol. The Bertz CT molecular complexity index is 1660. The molecular formula is C32H29NO11S. The van der Waals surface area contributed by atoms with Crippen LogP contribution >= 0.6 is 0 Å². The second kappa shape index (κ2) is 13.9. The van der Waals surface area contributed by atoms with Crippen molar-refractivity contribution in [3.63, 3.8) is 0 Å². The molecule has 0 saturated heterocycles. The third kappa shape index (κ3) is 8.16. The number of para-hydroxylation sites is 3. The minimum absolute atomic E-state index is 0.0965. The van der Waals surface area contributed by atoms with Crippen LogP contribution in [-0.4, -0.2) is 67.0 Å². The topological polar surface area (TPSA) is 186 Å². The number of nitrogens with one attached hydrogen (secondary N) is 1. The summed E-state index contributed by atoms with van der Waals surface area (Å²) in [7, 11) is -4.37. The molecule has 0 atom stereocenters. The number of carboxylic acid groups (broad SMARTS) is 3. The highest BCUT2D eigenvalue weighted by molar-refractivity contribution is 7.89. The van der Waals surface area contributed by atoms with E-state index in [0.717, 1.165) is 5.56 Å². The summed E-state index contributed by atoms with van der Waals surface area (Å²) in [5.74, 6) is -4.18. The fourth-order valence-corrected chi connectivity index (χ4v) is 5.59. The molecule has 4 aromatic rings. The largest absolute Gasteiger partial charge is 0.490 e. The Labute approximate surface area is 258 Å². The number of hydrogen-bond acceptors (Lipinski definition) is 8. The van der Waals surface area contributed by atoms with Crippen molar-refractivity contribution in [1.29, 1.82) is 0 Å². The zero-order valence-electron chi connectivity index (χ0n) is 23.9. The van der Waals surface area contributed by atoms with Crippen molar-refractivity contribution >= 4 is 27.9 Å². The van der Waals surface area contributed by atoms with Gasteiger partial charge in [-0.05, 0) is 55.5 Å². The second-order valence-electron chi connectivity index (χ2n) is 9.97. The van der Waals surface area contributed by atoms with E-state index in [1.54, 1.807) is 19.1 Å². The Kier molecular flexibility index (Phi) is 10.1. The third-order valence-corrected chi connectivity index (χ3v) is 8.14. The van der Waals surface area contributed by atoms with E-state index in [1.807, 2.05) is 0 Å². The highest BCUT2D eigenvalue weighted by Gasteiger charge is 2.40. The molecule has 0 aliphatic heterocycles. The smallest absolute Gasteiger partial charge is 0.339 e. The third-order valence-electron chi connectivity index (χ3n) is 6.55. The summed E-state index contributed by atoms with van der Waals surface area (Å²) in [5, 5.41) is 29.0. The zero-order chi connectivity index (χ0) is 32.6. The molecule has 0 unspecified atom stereocenters. The number of benzene rings is 4. The maximum Gasteiger partial charge on any atom is 0.339 e. The fraction of sp³-hybridized carbons (Fsp3) is 0.156. The molecule has 0 aliphatic rings. The van der Waals surface area contributed by atoms with Crippen LogP contribution in [0.25, 0.3) is 0 Å². The Morgan fingerprint density at radius 3 is 1.27 bits per heavy atom. The highest BCUT2D eigenvalue weighted by atomic mass is 32.2. The molecule has 0 bridgehead atoms. The Morgan fingerprint density at radius 1 is 0.600 bits per heavy atom. The molecular weight excluding hydrogens is 606 g/mol. The molecule has 4 N–H and O–H groups in total. The first-order valence-electron chi connectivity index (χ1n) is 13.4. The van der Waals surface area contributed by atoms with Crippen LogP contribution in [0.2, 0.25) is 0 Å². The van der Waals surface area contributed by atoms with E-state index in [0.29, 0.717) is 0 Å². The molecule has 45 heavy (non-hydrogen) atoms. The van der Waals surface area contributed by atoms with Crippen molar-refractivity contribution < 1.29 is 52.3 Å². The number of sulfonamides is 1. The van der Waals surface area contributed by atoms with E-state index in [-0.39, 0.29) is 38.8 Å². The average Bonchev–Trinajstić information content (AvgIpc) is 3.02. The van der Waals surface area contributed by atoms with E-state index in [1.165, 1.54) is 84.9 Å². The first-order chi connectivity index (χ1) is 21.4. The van der Waals surface area contributed by atoms with Crippen LogP contribution in [-0.2, 0) is 10.0 Å². The summed E-state index contributed by atoms with van der Waals surface area (Å²) >= 11 is 0.